The van der Waals surface area contributed by atoms with Gasteiger partial charge in [0.1, 0.15) is 6.10 Å². The Balaban J connectivity index is 1.67. The van der Waals surface area contributed by atoms with Crippen LogP contribution >= 0.6 is 0 Å². The highest BCUT2D eigenvalue weighted by molar-refractivity contribution is 6.99. The highest BCUT2D eigenvalue weighted by atomic mass is 28.4. The Kier molecular flexibility index (Phi) is 9.18. The fraction of sp³-hybridized carbons (Fsp3) is 0.333. The summed E-state index contributed by atoms with van der Waals surface area (Å²) in [6.45, 7) is 11.3. The van der Waals surface area contributed by atoms with E-state index in [1.54, 1.807) is 30.3 Å². The molecule has 226 valence electrons. The number of hydrogen-bond acceptors (Lipinski definition) is 4. The predicted molar refractivity (Wildman–Crippen MR) is 171 cm³/mol. The van der Waals surface area contributed by atoms with Gasteiger partial charge in [0, 0.05) is 24.2 Å². The van der Waals surface area contributed by atoms with Crippen molar-refractivity contribution in [1.29, 1.82) is 0 Å². The van der Waals surface area contributed by atoms with Crippen LogP contribution in [0.4, 0.5) is 14.5 Å². The van der Waals surface area contributed by atoms with Gasteiger partial charge in [-0.3, -0.25) is 0 Å². The smallest absolute Gasteiger partial charge is 0.261 e. The van der Waals surface area contributed by atoms with Gasteiger partial charge in [-0.05, 0) is 40.9 Å². The van der Waals surface area contributed by atoms with Crippen LogP contribution in [0.5, 0.6) is 0 Å². The van der Waals surface area contributed by atoms with Crippen LogP contribution in [0.3, 0.4) is 0 Å². The molecule has 4 nitrogen and oxygen atoms in total. The second kappa shape index (κ2) is 12.7. The molecule has 1 fully saturated rings. The lowest BCUT2D eigenvalue weighted by molar-refractivity contribution is -0.00554. The first-order valence-corrected chi connectivity index (χ1v) is 16.8. The lowest BCUT2D eigenvalue weighted by Crippen LogP contribution is -2.66. The second-order valence-corrected chi connectivity index (χ2v) is 16.8. The number of aliphatic hydroxyl groups excluding tert-OH is 1. The summed E-state index contributed by atoms with van der Waals surface area (Å²) in [6, 6.07) is 30.8. The molecule has 7 heteroatoms. The number of ether oxygens (including phenoxy) is 1. The van der Waals surface area contributed by atoms with Crippen molar-refractivity contribution in [3.63, 3.8) is 0 Å². The Hall–Kier alpha value is -3.36. The Morgan fingerprint density at radius 3 is 1.81 bits per heavy atom. The quantitative estimate of drug-likeness (QED) is 0.227. The minimum absolute atomic E-state index is 0.0362. The molecular formula is C36H41F2NO3Si. The van der Waals surface area contributed by atoms with E-state index in [9.17, 15) is 5.11 Å². The predicted octanol–water partition coefficient (Wildman–Crippen LogP) is 6.74. The van der Waals surface area contributed by atoms with Gasteiger partial charge >= 0.3 is 0 Å². The van der Waals surface area contributed by atoms with Crippen LogP contribution in [0.1, 0.15) is 57.4 Å². The van der Waals surface area contributed by atoms with E-state index in [0.29, 0.717) is 24.2 Å². The van der Waals surface area contributed by atoms with Gasteiger partial charge in [0.05, 0.1) is 24.5 Å². The molecule has 4 aromatic carbocycles. The van der Waals surface area contributed by atoms with Gasteiger partial charge in [-0.25, -0.2) is 8.78 Å². The molecule has 1 saturated heterocycles. The van der Waals surface area contributed by atoms with Gasteiger partial charge in [-0.2, -0.15) is 0 Å². The fourth-order valence-electron chi connectivity index (χ4n) is 6.46. The van der Waals surface area contributed by atoms with E-state index in [0.717, 1.165) is 10.4 Å². The Bertz CT molecular complexity index is 1460. The second-order valence-electron chi connectivity index (χ2n) is 12.5. The van der Waals surface area contributed by atoms with Gasteiger partial charge in [0.15, 0.2) is 11.6 Å². The molecule has 0 amide bonds. The van der Waals surface area contributed by atoms with Gasteiger partial charge in [-0.1, -0.05) is 112 Å². The number of benzene rings is 4. The van der Waals surface area contributed by atoms with Crippen molar-refractivity contribution in [3.8, 4) is 0 Å². The van der Waals surface area contributed by atoms with Crippen LogP contribution in [0, 0.1) is 11.6 Å². The zero-order chi connectivity index (χ0) is 30.8. The van der Waals surface area contributed by atoms with E-state index in [-0.39, 0.29) is 35.1 Å². The maximum atomic E-state index is 16.3. The number of hydrogen-bond donors (Lipinski definition) is 1. The highest BCUT2D eigenvalue weighted by Crippen LogP contribution is 2.40. The van der Waals surface area contributed by atoms with Crippen molar-refractivity contribution in [2.45, 2.75) is 64.6 Å². The van der Waals surface area contributed by atoms with E-state index in [1.807, 2.05) is 61.2 Å². The normalized spacial score (nSPS) is 18.5. The molecule has 1 unspecified atom stereocenters. The summed E-state index contributed by atoms with van der Waals surface area (Å²) in [5.41, 5.74) is 1.04. The topological polar surface area (TPSA) is 41.9 Å². The van der Waals surface area contributed by atoms with Crippen molar-refractivity contribution in [2.24, 2.45) is 0 Å². The van der Waals surface area contributed by atoms with Crippen LogP contribution in [0.25, 0.3) is 0 Å². The van der Waals surface area contributed by atoms with Crippen LogP contribution < -0.4 is 15.3 Å². The van der Waals surface area contributed by atoms with Crippen molar-refractivity contribution in [2.75, 3.05) is 18.0 Å². The number of anilines is 1. The molecule has 0 bridgehead atoms. The Morgan fingerprint density at radius 2 is 1.33 bits per heavy atom. The summed E-state index contributed by atoms with van der Waals surface area (Å²) < 4.78 is 45.3. The summed E-state index contributed by atoms with van der Waals surface area (Å²) in [6.07, 6.45) is -1.66. The van der Waals surface area contributed by atoms with Crippen LogP contribution in [0.15, 0.2) is 97.1 Å². The van der Waals surface area contributed by atoms with E-state index < -0.39 is 26.1 Å². The molecule has 0 aromatic heterocycles. The molecule has 1 aliphatic rings. The Labute approximate surface area is 255 Å². The molecule has 1 aliphatic heterocycles. The average molecular weight is 602 g/mol. The van der Waals surface area contributed by atoms with E-state index >= 15 is 8.78 Å². The van der Waals surface area contributed by atoms with E-state index in [4.69, 9.17) is 9.16 Å². The van der Waals surface area contributed by atoms with Crippen molar-refractivity contribution < 1.29 is 23.1 Å². The summed E-state index contributed by atoms with van der Waals surface area (Å²) in [5.74, 6) is -2.03. The van der Waals surface area contributed by atoms with Gasteiger partial charge < -0.3 is 19.2 Å². The lowest BCUT2D eigenvalue weighted by Gasteiger charge is -2.43. The maximum Gasteiger partial charge on any atom is 0.261 e. The molecular weight excluding hydrogens is 560 g/mol. The molecule has 1 heterocycles. The summed E-state index contributed by atoms with van der Waals surface area (Å²) in [4.78, 5) is 1.86. The first-order valence-electron chi connectivity index (χ1n) is 14.9. The molecule has 5 rings (SSSR count). The number of aliphatic hydroxyl groups is 1. The molecule has 43 heavy (non-hydrogen) atoms. The zero-order valence-corrected chi connectivity index (χ0v) is 26.6. The number of rotatable bonds is 8. The molecule has 0 aliphatic carbocycles. The summed E-state index contributed by atoms with van der Waals surface area (Å²) >= 11 is 0. The first kappa shape index (κ1) is 31.1. The number of nitrogens with zero attached hydrogens (tertiary/aromatic N) is 1. The minimum Gasteiger partial charge on any atom is -0.403 e. The van der Waals surface area contributed by atoms with Crippen LogP contribution in [-0.2, 0) is 15.8 Å². The molecule has 0 saturated carbocycles. The number of morpholine rings is 1. The zero-order valence-electron chi connectivity index (χ0n) is 25.6. The monoisotopic (exact) mass is 601 g/mol. The third-order valence-electron chi connectivity index (χ3n) is 8.29. The average Bonchev–Trinajstić information content (AvgIpc) is 2.99. The maximum absolute atomic E-state index is 16.3. The van der Waals surface area contributed by atoms with E-state index in [2.05, 4.69) is 45.0 Å². The van der Waals surface area contributed by atoms with Crippen LogP contribution in [-0.4, -0.2) is 38.7 Å². The minimum atomic E-state index is -2.99. The standard InChI is InChI=1S/C36H41F2NO3Si/c1-25-22-39(23-26(2)42-25)34-28(21-31(32(37)33(34)38)35(40)27-15-9-6-10-16-27)24-41-43(36(3,4)5,29-17-11-7-12-18-29)30-19-13-8-14-20-30/h6-21,25-26,35,40H,22-24H2,1-5H3/t25-,26+,35?. The lowest BCUT2D eigenvalue weighted by atomic mass is 9.97. The summed E-state index contributed by atoms with van der Waals surface area (Å²) in [7, 11) is -2.99. The van der Waals surface area contributed by atoms with Crippen LogP contribution in [0.2, 0.25) is 5.04 Å². The van der Waals surface area contributed by atoms with Gasteiger partial charge in [-0.15, -0.1) is 0 Å². The highest BCUT2D eigenvalue weighted by Gasteiger charge is 2.50. The third-order valence-corrected chi connectivity index (χ3v) is 13.3. The third kappa shape index (κ3) is 6.18. The Morgan fingerprint density at radius 1 is 0.837 bits per heavy atom. The van der Waals surface area contributed by atoms with Crippen molar-refractivity contribution in [1.82, 2.24) is 0 Å². The molecule has 4 aromatic rings. The molecule has 0 radical (unpaired) electrons. The van der Waals surface area contributed by atoms with Gasteiger partial charge in [0.2, 0.25) is 0 Å². The molecule has 3 atom stereocenters. The summed E-state index contributed by atoms with van der Waals surface area (Å²) in [5, 5.41) is 13.1. The van der Waals surface area contributed by atoms with Gasteiger partial charge in [0.25, 0.3) is 8.32 Å². The number of halogens is 2. The largest absolute Gasteiger partial charge is 0.403 e. The molecule has 1 N–H and O–H groups in total. The van der Waals surface area contributed by atoms with Crippen molar-refractivity contribution >= 4 is 24.4 Å². The SMILES string of the molecule is C[C@@H]1CN(c2c(CO[Si](c3ccccc3)(c3ccccc3)C(C)(C)C)cc(C(O)c3ccccc3)c(F)c2F)C[C@H](C)O1. The fourth-order valence-corrected chi connectivity index (χ4v) is 11.0. The molecule has 0 spiro atoms. The van der Waals surface area contributed by atoms with E-state index in [1.165, 1.54) is 0 Å². The first-order chi connectivity index (χ1) is 20.5. The van der Waals surface area contributed by atoms with Crippen molar-refractivity contribution in [3.05, 3.63) is 125 Å².